The van der Waals surface area contributed by atoms with Crippen molar-refractivity contribution in [3.8, 4) is 5.75 Å². The number of carbonyl (C=O) groups is 4. The van der Waals surface area contributed by atoms with Crippen molar-refractivity contribution in [2.45, 2.75) is 19.8 Å². The van der Waals surface area contributed by atoms with Gasteiger partial charge in [-0.3, -0.25) is 14.4 Å². The Balaban J connectivity index is 2.72. The van der Waals surface area contributed by atoms with Crippen LogP contribution >= 0.6 is 0 Å². The van der Waals surface area contributed by atoms with Gasteiger partial charge in [-0.25, -0.2) is 0 Å². The minimum atomic E-state index is -1.26. The number of carbonyl (C=O) groups excluding carboxylic acids is 4. The summed E-state index contributed by atoms with van der Waals surface area (Å²) >= 11 is 0. The van der Waals surface area contributed by atoms with E-state index < -0.39 is 23.8 Å². The molecule has 1 N–H and O–H groups in total. The fourth-order valence-electron chi connectivity index (χ4n) is 2.46. The normalized spacial score (nSPS) is 13.4. The first-order chi connectivity index (χ1) is 12.5. The molecular formula is C19H22O7. The third-order valence-electron chi connectivity index (χ3n) is 3.93. The van der Waals surface area contributed by atoms with E-state index in [2.05, 4.69) is 4.74 Å². The lowest BCUT2D eigenvalue weighted by molar-refractivity contribution is -0.150. The number of methoxy groups -OCH3 is 1. The van der Waals surface area contributed by atoms with E-state index in [0.717, 1.165) is 12.7 Å². The Hall–Kier alpha value is -2.96. The highest BCUT2D eigenvalue weighted by Crippen LogP contribution is 2.24. The largest absolute Gasteiger partial charge is 0.508 e. The molecule has 7 nitrogen and oxygen atoms in total. The van der Waals surface area contributed by atoms with Crippen LogP contribution in [0.15, 0.2) is 35.9 Å². The van der Waals surface area contributed by atoms with Crippen LogP contribution < -0.4 is 0 Å². The van der Waals surface area contributed by atoms with Crippen LogP contribution in [0.5, 0.6) is 5.75 Å². The molecule has 0 saturated carbocycles. The number of rotatable bonds is 10. The molecule has 1 rings (SSSR count). The summed E-state index contributed by atoms with van der Waals surface area (Å²) in [6.07, 6.45) is 2.46. The Labute approximate surface area is 151 Å². The van der Waals surface area contributed by atoms with E-state index in [0.29, 0.717) is 19.0 Å². The minimum absolute atomic E-state index is 0.0899. The molecule has 0 spiro atoms. The second-order valence-corrected chi connectivity index (χ2v) is 5.54. The van der Waals surface area contributed by atoms with Crippen molar-refractivity contribution in [3.63, 3.8) is 0 Å². The summed E-state index contributed by atoms with van der Waals surface area (Å²) in [6, 6.07) is 6.47. The van der Waals surface area contributed by atoms with Gasteiger partial charge >= 0.3 is 11.9 Å². The summed E-state index contributed by atoms with van der Waals surface area (Å²) in [5, 5.41) is 9.22. The van der Waals surface area contributed by atoms with Crippen LogP contribution in [-0.4, -0.2) is 43.3 Å². The maximum Gasteiger partial charge on any atom is 0.316 e. The number of aromatic hydroxyl groups is 1. The van der Waals surface area contributed by atoms with Crippen molar-refractivity contribution in [3.05, 3.63) is 41.5 Å². The maximum atomic E-state index is 12.1. The highest BCUT2D eigenvalue weighted by molar-refractivity contribution is 5.91. The quantitative estimate of drug-likeness (QED) is 0.292. The predicted octanol–water partition coefficient (Wildman–Crippen LogP) is 1.62. The first kappa shape index (κ1) is 21.1. The molecule has 26 heavy (non-hydrogen) atoms. The summed E-state index contributed by atoms with van der Waals surface area (Å²) in [4.78, 5) is 46.3. The molecule has 0 aliphatic rings. The smallest absolute Gasteiger partial charge is 0.316 e. The second kappa shape index (κ2) is 10.8. The van der Waals surface area contributed by atoms with Gasteiger partial charge in [-0.05, 0) is 30.2 Å². The number of phenolic OH excluding ortho intramolecular Hbond substituents is 1. The molecule has 0 aromatic heterocycles. The Morgan fingerprint density at radius 3 is 2.35 bits per heavy atom. The van der Waals surface area contributed by atoms with Crippen LogP contribution in [0.2, 0.25) is 0 Å². The monoisotopic (exact) mass is 362 g/mol. The van der Waals surface area contributed by atoms with Crippen molar-refractivity contribution in [2.75, 3.05) is 13.7 Å². The number of allylic oxidation sites excluding steroid dienone is 2. The highest BCUT2D eigenvalue weighted by Gasteiger charge is 2.33. The average molecular weight is 362 g/mol. The molecule has 0 aliphatic heterocycles. The standard InChI is InChI=1S/C19H22O7/c1-3-14(11-20)16(17(12-21)19(24)25-2)10-18(23)26-9-8-13-4-6-15(22)7-5-13/h3-7,11-12,16-17,22H,8-10H2,1-2H3/b14-3-/t16-,17?/m0/s1. The highest BCUT2D eigenvalue weighted by atomic mass is 16.5. The zero-order chi connectivity index (χ0) is 19.5. The Kier molecular flexibility index (Phi) is 8.77. The number of phenols is 1. The van der Waals surface area contributed by atoms with Gasteiger partial charge in [0.15, 0.2) is 0 Å². The first-order valence-corrected chi connectivity index (χ1v) is 8.04. The average Bonchev–Trinajstić information content (AvgIpc) is 2.64. The van der Waals surface area contributed by atoms with Crippen LogP contribution in [-0.2, 0) is 35.1 Å². The number of esters is 2. The lowest BCUT2D eigenvalue weighted by Gasteiger charge is -2.20. The number of hydrogen-bond acceptors (Lipinski definition) is 7. The van der Waals surface area contributed by atoms with E-state index >= 15 is 0 Å². The third-order valence-corrected chi connectivity index (χ3v) is 3.93. The summed E-state index contributed by atoms with van der Waals surface area (Å²) in [6.45, 7) is 1.67. The molecule has 0 fully saturated rings. The summed E-state index contributed by atoms with van der Waals surface area (Å²) in [5.74, 6) is -3.51. The van der Waals surface area contributed by atoms with Gasteiger partial charge in [-0.2, -0.15) is 0 Å². The van der Waals surface area contributed by atoms with Crippen molar-refractivity contribution < 1.29 is 33.8 Å². The first-order valence-electron chi connectivity index (χ1n) is 8.04. The van der Waals surface area contributed by atoms with E-state index in [9.17, 15) is 24.3 Å². The zero-order valence-corrected chi connectivity index (χ0v) is 14.7. The van der Waals surface area contributed by atoms with E-state index in [4.69, 9.17) is 4.74 Å². The molecule has 0 radical (unpaired) electrons. The van der Waals surface area contributed by atoms with Crippen molar-refractivity contribution in [2.24, 2.45) is 11.8 Å². The van der Waals surface area contributed by atoms with Gasteiger partial charge in [0.2, 0.25) is 0 Å². The van der Waals surface area contributed by atoms with Gasteiger partial charge in [0.25, 0.3) is 0 Å². The topological polar surface area (TPSA) is 107 Å². The van der Waals surface area contributed by atoms with Crippen LogP contribution in [0.4, 0.5) is 0 Å². The number of hydrogen-bond donors (Lipinski definition) is 1. The Morgan fingerprint density at radius 2 is 1.85 bits per heavy atom. The fraction of sp³-hybridized carbons (Fsp3) is 0.368. The molecule has 0 saturated heterocycles. The molecule has 0 aliphatic carbocycles. The van der Waals surface area contributed by atoms with Crippen LogP contribution in [0, 0.1) is 11.8 Å². The molecule has 2 atom stereocenters. The molecule has 1 aromatic carbocycles. The molecule has 1 unspecified atom stereocenters. The Bertz CT molecular complexity index is 661. The molecule has 0 heterocycles. The van der Waals surface area contributed by atoms with Crippen molar-refractivity contribution in [1.29, 1.82) is 0 Å². The summed E-state index contributed by atoms with van der Waals surface area (Å²) < 4.78 is 9.71. The van der Waals surface area contributed by atoms with E-state index in [1.807, 2.05) is 0 Å². The molecule has 1 aromatic rings. The van der Waals surface area contributed by atoms with Crippen LogP contribution in [0.3, 0.4) is 0 Å². The lowest BCUT2D eigenvalue weighted by Crippen LogP contribution is -2.30. The summed E-state index contributed by atoms with van der Waals surface area (Å²) in [7, 11) is 1.13. The maximum absolute atomic E-state index is 12.1. The molecule has 140 valence electrons. The van der Waals surface area contributed by atoms with Crippen LogP contribution in [0.25, 0.3) is 0 Å². The van der Waals surface area contributed by atoms with Crippen molar-refractivity contribution >= 4 is 24.5 Å². The number of ether oxygens (including phenoxy) is 2. The van der Waals surface area contributed by atoms with Gasteiger partial charge in [0, 0.05) is 12.3 Å². The van der Waals surface area contributed by atoms with Crippen molar-refractivity contribution in [1.82, 2.24) is 0 Å². The molecule has 0 bridgehead atoms. The van der Waals surface area contributed by atoms with Gasteiger partial charge in [0.05, 0.1) is 20.1 Å². The number of aldehydes is 2. The van der Waals surface area contributed by atoms with Gasteiger partial charge in [0.1, 0.15) is 24.2 Å². The molecule has 0 amide bonds. The Morgan fingerprint density at radius 1 is 1.19 bits per heavy atom. The lowest BCUT2D eigenvalue weighted by atomic mass is 9.84. The predicted molar refractivity (Wildman–Crippen MR) is 92.3 cm³/mol. The number of benzene rings is 1. The molecular weight excluding hydrogens is 340 g/mol. The summed E-state index contributed by atoms with van der Waals surface area (Å²) in [5.41, 5.74) is 1.03. The van der Waals surface area contributed by atoms with Gasteiger partial charge in [-0.1, -0.05) is 18.2 Å². The van der Waals surface area contributed by atoms with E-state index in [1.165, 1.54) is 18.2 Å². The molecule has 7 heteroatoms. The minimum Gasteiger partial charge on any atom is -0.508 e. The second-order valence-electron chi connectivity index (χ2n) is 5.54. The van der Waals surface area contributed by atoms with Gasteiger partial charge < -0.3 is 19.4 Å². The van der Waals surface area contributed by atoms with E-state index in [1.54, 1.807) is 19.1 Å². The fourth-order valence-corrected chi connectivity index (χ4v) is 2.46. The third kappa shape index (κ3) is 6.16. The SMILES string of the molecule is C/C=C(/C=O)[C@H](CC(=O)OCCc1ccc(O)cc1)C(C=O)C(=O)OC. The zero-order valence-electron chi connectivity index (χ0n) is 14.7. The van der Waals surface area contributed by atoms with Gasteiger partial charge in [-0.15, -0.1) is 0 Å². The van der Waals surface area contributed by atoms with E-state index in [-0.39, 0.29) is 24.4 Å². The van der Waals surface area contributed by atoms with Crippen LogP contribution in [0.1, 0.15) is 18.9 Å².